The number of para-hydroxylation sites is 1. The van der Waals surface area contributed by atoms with Crippen LogP contribution in [0.15, 0.2) is 47.4 Å². The van der Waals surface area contributed by atoms with Gasteiger partial charge < -0.3 is 0 Å². The van der Waals surface area contributed by atoms with Crippen LogP contribution in [0.3, 0.4) is 0 Å². The molecule has 0 radical (unpaired) electrons. The van der Waals surface area contributed by atoms with Crippen LogP contribution in [0.4, 0.5) is 5.69 Å². The van der Waals surface area contributed by atoms with Crippen molar-refractivity contribution in [1.29, 1.82) is 0 Å². The highest BCUT2D eigenvalue weighted by atomic mass is 35.5. The maximum atomic E-state index is 12.3. The summed E-state index contributed by atoms with van der Waals surface area (Å²) in [6.07, 6.45) is 0.731. The van der Waals surface area contributed by atoms with Gasteiger partial charge in [-0.3, -0.25) is 4.72 Å². The van der Waals surface area contributed by atoms with E-state index < -0.39 is 10.0 Å². The fourth-order valence-electron chi connectivity index (χ4n) is 1.82. The zero-order valence-corrected chi connectivity index (χ0v) is 13.1. The lowest BCUT2D eigenvalue weighted by Gasteiger charge is -2.12. The van der Waals surface area contributed by atoms with Gasteiger partial charge in [-0.1, -0.05) is 48.3 Å². The molecule has 0 atom stereocenters. The Kier molecular flexibility index (Phi) is 4.58. The van der Waals surface area contributed by atoms with E-state index in [1.54, 1.807) is 12.1 Å². The molecule has 3 nitrogen and oxygen atoms in total. The Morgan fingerprint density at radius 2 is 1.65 bits per heavy atom. The van der Waals surface area contributed by atoms with Crippen LogP contribution in [0.25, 0.3) is 0 Å². The van der Waals surface area contributed by atoms with Crippen LogP contribution in [-0.2, 0) is 16.4 Å². The summed E-state index contributed by atoms with van der Waals surface area (Å²) in [4.78, 5) is 0.0425. The molecule has 2 aromatic carbocycles. The van der Waals surface area contributed by atoms with Crippen LogP contribution in [0, 0.1) is 0 Å². The molecule has 0 saturated heterocycles. The number of benzene rings is 2. The second-order valence-electron chi connectivity index (χ2n) is 4.22. The number of hydrogen-bond donors (Lipinski definition) is 1. The Balaban J connectivity index is 2.41. The molecule has 0 aliphatic carbocycles. The molecule has 1 N–H and O–H groups in total. The first-order valence-corrected chi connectivity index (χ1v) is 8.23. The highest BCUT2D eigenvalue weighted by Crippen LogP contribution is 2.25. The third-order valence-electron chi connectivity index (χ3n) is 2.79. The van der Waals surface area contributed by atoms with Gasteiger partial charge in [0, 0.05) is 10.0 Å². The minimum Gasteiger partial charge on any atom is -0.279 e. The van der Waals surface area contributed by atoms with E-state index in [0.717, 1.165) is 12.0 Å². The Bertz CT molecular complexity index is 709. The molecule has 2 rings (SSSR count). The molecule has 0 spiro atoms. The summed E-state index contributed by atoms with van der Waals surface area (Å²) in [5, 5.41) is 0.559. The summed E-state index contributed by atoms with van der Waals surface area (Å²) in [5.41, 5.74) is 1.48. The minimum atomic E-state index is -3.71. The van der Waals surface area contributed by atoms with Crippen molar-refractivity contribution in [3.8, 4) is 0 Å². The molecular weight excluding hydrogens is 317 g/mol. The third kappa shape index (κ3) is 3.45. The maximum absolute atomic E-state index is 12.3. The van der Waals surface area contributed by atoms with E-state index in [2.05, 4.69) is 4.72 Å². The number of halogens is 2. The normalized spacial score (nSPS) is 11.3. The van der Waals surface area contributed by atoms with Crippen LogP contribution >= 0.6 is 23.2 Å². The number of hydrogen-bond acceptors (Lipinski definition) is 2. The SMILES string of the molecule is CCc1ccccc1NS(=O)(=O)c1cc(Cl)cc(Cl)c1. The topological polar surface area (TPSA) is 46.2 Å². The summed E-state index contributed by atoms with van der Waals surface area (Å²) in [5.74, 6) is 0. The average Bonchev–Trinajstić information content (AvgIpc) is 2.38. The molecular formula is C14H13Cl2NO2S. The van der Waals surface area contributed by atoms with Crippen LogP contribution < -0.4 is 4.72 Å². The molecule has 2 aromatic rings. The van der Waals surface area contributed by atoms with E-state index >= 15 is 0 Å². The van der Waals surface area contributed by atoms with E-state index in [9.17, 15) is 8.42 Å². The molecule has 106 valence electrons. The first-order chi connectivity index (χ1) is 9.42. The molecule has 0 fully saturated rings. The quantitative estimate of drug-likeness (QED) is 0.905. The van der Waals surface area contributed by atoms with Crippen molar-refractivity contribution in [3.05, 3.63) is 58.1 Å². The minimum absolute atomic E-state index is 0.0425. The molecule has 0 aliphatic rings. The van der Waals surface area contributed by atoms with Crippen molar-refractivity contribution in [1.82, 2.24) is 0 Å². The van der Waals surface area contributed by atoms with Gasteiger partial charge in [-0.25, -0.2) is 8.42 Å². The van der Waals surface area contributed by atoms with Gasteiger partial charge in [0.1, 0.15) is 0 Å². The number of anilines is 1. The van der Waals surface area contributed by atoms with Gasteiger partial charge in [-0.05, 0) is 36.2 Å². The number of sulfonamides is 1. The fraction of sp³-hybridized carbons (Fsp3) is 0.143. The van der Waals surface area contributed by atoms with Crippen molar-refractivity contribution in [3.63, 3.8) is 0 Å². The number of nitrogens with one attached hydrogen (secondary N) is 1. The Labute approximate surface area is 128 Å². The van der Waals surface area contributed by atoms with Gasteiger partial charge in [-0.2, -0.15) is 0 Å². The van der Waals surface area contributed by atoms with Gasteiger partial charge in [-0.15, -0.1) is 0 Å². The van der Waals surface area contributed by atoms with E-state index in [-0.39, 0.29) is 14.9 Å². The second-order valence-corrected chi connectivity index (χ2v) is 6.78. The van der Waals surface area contributed by atoms with Crippen LogP contribution in [0.1, 0.15) is 12.5 Å². The lowest BCUT2D eigenvalue weighted by molar-refractivity contribution is 0.601. The van der Waals surface area contributed by atoms with Crippen molar-refractivity contribution in [2.75, 3.05) is 4.72 Å². The monoisotopic (exact) mass is 329 g/mol. The van der Waals surface area contributed by atoms with Crippen LogP contribution in [0.5, 0.6) is 0 Å². The molecule has 6 heteroatoms. The van der Waals surface area contributed by atoms with E-state index in [4.69, 9.17) is 23.2 Å². The fourth-order valence-corrected chi connectivity index (χ4v) is 3.64. The van der Waals surface area contributed by atoms with Crippen LogP contribution in [-0.4, -0.2) is 8.42 Å². The Morgan fingerprint density at radius 1 is 1.05 bits per heavy atom. The molecule has 0 aliphatic heterocycles. The van der Waals surface area contributed by atoms with E-state index in [1.165, 1.54) is 18.2 Å². The molecule has 0 heterocycles. The highest BCUT2D eigenvalue weighted by molar-refractivity contribution is 7.92. The summed E-state index contributed by atoms with van der Waals surface area (Å²) in [7, 11) is -3.71. The molecule has 0 unspecified atom stereocenters. The van der Waals surface area contributed by atoms with Crippen molar-refractivity contribution < 1.29 is 8.42 Å². The second kappa shape index (κ2) is 6.04. The summed E-state index contributed by atoms with van der Waals surface area (Å²) >= 11 is 11.7. The smallest absolute Gasteiger partial charge is 0.262 e. The first kappa shape index (κ1) is 15.2. The maximum Gasteiger partial charge on any atom is 0.262 e. The van der Waals surface area contributed by atoms with Gasteiger partial charge in [0.25, 0.3) is 10.0 Å². The molecule has 20 heavy (non-hydrogen) atoms. The largest absolute Gasteiger partial charge is 0.279 e. The average molecular weight is 330 g/mol. The summed E-state index contributed by atoms with van der Waals surface area (Å²) in [6.45, 7) is 1.96. The van der Waals surface area contributed by atoms with Gasteiger partial charge in [0.05, 0.1) is 10.6 Å². The van der Waals surface area contributed by atoms with Crippen molar-refractivity contribution >= 4 is 38.9 Å². The Morgan fingerprint density at radius 3 is 2.25 bits per heavy atom. The summed E-state index contributed by atoms with van der Waals surface area (Å²) in [6, 6.07) is 11.5. The lowest BCUT2D eigenvalue weighted by atomic mass is 10.1. The Hall–Kier alpha value is -1.23. The van der Waals surface area contributed by atoms with Crippen LogP contribution in [0.2, 0.25) is 10.0 Å². The first-order valence-electron chi connectivity index (χ1n) is 5.99. The van der Waals surface area contributed by atoms with E-state index in [0.29, 0.717) is 5.69 Å². The van der Waals surface area contributed by atoms with Crippen molar-refractivity contribution in [2.45, 2.75) is 18.2 Å². The highest BCUT2D eigenvalue weighted by Gasteiger charge is 2.16. The lowest BCUT2D eigenvalue weighted by Crippen LogP contribution is -2.14. The van der Waals surface area contributed by atoms with Gasteiger partial charge in [0.15, 0.2) is 0 Å². The van der Waals surface area contributed by atoms with Gasteiger partial charge >= 0.3 is 0 Å². The predicted octanol–water partition coefficient (Wildman–Crippen LogP) is 4.36. The summed E-state index contributed by atoms with van der Waals surface area (Å²) < 4.78 is 27.3. The third-order valence-corrected chi connectivity index (χ3v) is 4.57. The molecule has 0 saturated carbocycles. The zero-order chi connectivity index (χ0) is 14.8. The molecule has 0 bridgehead atoms. The zero-order valence-electron chi connectivity index (χ0n) is 10.7. The van der Waals surface area contributed by atoms with Crippen molar-refractivity contribution in [2.24, 2.45) is 0 Å². The number of rotatable bonds is 4. The molecule has 0 amide bonds. The number of aryl methyl sites for hydroxylation is 1. The predicted molar refractivity (Wildman–Crippen MR) is 83.1 cm³/mol. The van der Waals surface area contributed by atoms with Gasteiger partial charge in [0.2, 0.25) is 0 Å². The standard InChI is InChI=1S/C14H13Cl2NO2S/c1-2-10-5-3-4-6-14(10)17-20(18,19)13-8-11(15)7-12(16)9-13/h3-9,17H,2H2,1H3. The van der Waals surface area contributed by atoms with E-state index in [1.807, 2.05) is 19.1 Å². The molecule has 0 aromatic heterocycles.